The topological polar surface area (TPSA) is 106 Å². The van der Waals surface area contributed by atoms with E-state index in [9.17, 15) is 14.0 Å². The SMILES string of the molecule is NC(=O)N1CCCCC1.O=C(O)Oc1cncc(-c2ccc(F)cc2)c1. The molecule has 3 N–H and O–H groups in total. The molecule has 0 saturated carbocycles. The van der Waals surface area contributed by atoms with Gasteiger partial charge in [-0.1, -0.05) is 12.1 Å². The minimum atomic E-state index is -1.40. The molecule has 1 aromatic heterocycles. The molecule has 26 heavy (non-hydrogen) atoms. The number of carbonyl (C=O) groups excluding carboxylic acids is 1. The van der Waals surface area contributed by atoms with Gasteiger partial charge in [0.05, 0.1) is 6.20 Å². The lowest BCUT2D eigenvalue weighted by Gasteiger charge is -2.24. The lowest BCUT2D eigenvalue weighted by atomic mass is 10.1. The van der Waals surface area contributed by atoms with E-state index in [4.69, 9.17) is 10.8 Å². The Morgan fingerprint density at radius 1 is 1.08 bits per heavy atom. The van der Waals surface area contributed by atoms with Crippen molar-refractivity contribution in [3.05, 3.63) is 48.5 Å². The van der Waals surface area contributed by atoms with Gasteiger partial charge < -0.3 is 20.5 Å². The number of amides is 2. The molecule has 2 amide bonds. The Bertz CT molecular complexity index is 746. The zero-order valence-electron chi connectivity index (χ0n) is 14.1. The number of nitrogens with zero attached hydrogens (tertiary/aromatic N) is 2. The Kier molecular flexibility index (Phi) is 6.90. The number of primary amides is 1. The Hall–Kier alpha value is -3.16. The number of rotatable bonds is 2. The summed E-state index contributed by atoms with van der Waals surface area (Å²) >= 11 is 0. The van der Waals surface area contributed by atoms with Crippen LogP contribution >= 0.6 is 0 Å². The number of pyridine rings is 1. The van der Waals surface area contributed by atoms with Crippen LogP contribution in [-0.4, -0.2) is 40.3 Å². The quantitative estimate of drug-likeness (QED) is 0.797. The van der Waals surface area contributed by atoms with Gasteiger partial charge in [-0.05, 0) is 43.0 Å². The molecule has 1 fully saturated rings. The monoisotopic (exact) mass is 361 g/mol. The van der Waals surface area contributed by atoms with Gasteiger partial charge in [0.15, 0.2) is 5.75 Å². The van der Waals surface area contributed by atoms with Crippen molar-refractivity contribution in [3.63, 3.8) is 0 Å². The maximum absolute atomic E-state index is 12.7. The van der Waals surface area contributed by atoms with Gasteiger partial charge in [0.1, 0.15) is 5.82 Å². The van der Waals surface area contributed by atoms with E-state index in [1.54, 1.807) is 23.2 Å². The Morgan fingerprint density at radius 2 is 1.73 bits per heavy atom. The molecule has 138 valence electrons. The number of urea groups is 1. The molecule has 1 aromatic carbocycles. The average molecular weight is 361 g/mol. The fourth-order valence-electron chi connectivity index (χ4n) is 2.49. The van der Waals surface area contributed by atoms with Crippen molar-refractivity contribution < 1.29 is 23.8 Å². The maximum Gasteiger partial charge on any atom is 0.511 e. The predicted molar refractivity (Wildman–Crippen MR) is 93.3 cm³/mol. The number of hydrogen-bond acceptors (Lipinski definition) is 4. The molecule has 1 saturated heterocycles. The van der Waals surface area contributed by atoms with Gasteiger partial charge in [0.25, 0.3) is 0 Å². The zero-order valence-corrected chi connectivity index (χ0v) is 14.1. The molecular formula is C18H20FN3O4. The van der Waals surface area contributed by atoms with Gasteiger partial charge in [-0.2, -0.15) is 0 Å². The number of ether oxygens (including phenoxy) is 1. The summed E-state index contributed by atoms with van der Waals surface area (Å²) in [6.07, 6.45) is 4.90. The van der Waals surface area contributed by atoms with Gasteiger partial charge in [-0.15, -0.1) is 0 Å². The van der Waals surface area contributed by atoms with E-state index in [-0.39, 0.29) is 17.6 Å². The fraction of sp³-hybridized carbons (Fsp3) is 0.278. The summed E-state index contributed by atoms with van der Waals surface area (Å²) in [5.41, 5.74) is 6.44. The van der Waals surface area contributed by atoms with Crippen LogP contribution in [0, 0.1) is 5.82 Å². The van der Waals surface area contributed by atoms with Crippen LogP contribution in [0.3, 0.4) is 0 Å². The van der Waals surface area contributed by atoms with E-state index in [1.165, 1.54) is 30.8 Å². The van der Waals surface area contributed by atoms with Gasteiger partial charge in [-0.25, -0.2) is 14.0 Å². The molecule has 0 unspecified atom stereocenters. The van der Waals surface area contributed by atoms with Crippen LogP contribution in [0.1, 0.15) is 19.3 Å². The van der Waals surface area contributed by atoms with E-state index in [0.717, 1.165) is 31.5 Å². The Labute approximate surface area is 150 Å². The summed E-state index contributed by atoms with van der Waals surface area (Å²) in [5.74, 6) is -0.209. The van der Waals surface area contributed by atoms with E-state index >= 15 is 0 Å². The Morgan fingerprint density at radius 3 is 2.27 bits per heavy atom. The highest BCUT2D eigenvalue weighted by molar-refractivity contribution is 5.72. The van der Waals surface area contributed by atoms with E-state index < -0.39 is 6.16 Å². The maximum atomic E-state index is 12.7. The molecule has 3 rings (SSSR count). The number of hydrogen-bond donors (Lipinski definition) is 2. The van der Waals surface area contributed by atoms with Crippen molar-refractivity contribution >= 4 is 12.2 Å². The smallest absolute Gasteiger partial charge is 0.449 e. The molecule has 0 spiro atoms. The third kappa shape index (κ3) is 6.04. The van der Waals surface area contributed by atoms with Crippen LogP contribution < -0.4 is 10.5 Å². The number of benzene rings is 1. The van der Waals surface area contributed by atoms with E-state index in [1.807, 2.05) is 0 Å². The highest BCUT2D eigenvalue weighted by atomic mass is 19.1. The lowest BCUT2D eigenvalue weighted by Crippen LogP contribution is -2.39. The predicted octanol–water partition coefficient (Wildman–Crippen LogP) is 3.50. The third-order valence-electron chi connectivity index (χ3n) is 3.76. The molecule has 0 bridgehead atoms. The summed E-state index contributed by atoms with van der Waals surface area (Å²) in [4.78, 5) is 26.4. The highest BCUT2D eigenvalue weighted by Gasteiger charge is 2.11. The van der Waals surface area contributed by atoms with Crippen LogP contribution in [-0.2, 0) is 0 Å². The molecule has 0 atom stereocenters. The largest absolute Gasteiger partial charge is 0.511 e. The minimum Gasteiger partial charge on any atom is -0.449 e. The number of aromatic nitrogens is 1. The minimum absolute atomic E-state index is 0.124. The van der Waals surface area contributed by atoms with Crippen molar-refractivity contribution in [3.8, 4) is 16.9 Å². The number of carboxylic acid groups (broad SMARTS) is 1. The normalized spacial score (nSPS) is 13.3. The number of halogens is 1. The van der Waals surface area contributed by atoms with E-state index in [2.05, 4.69) is 9.72 Å². The summed E-state index contributed by atoms with van der Waals surface area (Å²) < 4.78 is 17.2. The van der Waals surface area contributed by atoms with Crippen molar-refractivity contribution in [1.29, 1.82) is 0 Å². The molecule has 1 aliphatic heterocycles. The summed E-state index contributed by atoms with van der Waals surface area (Å²) in [6, 6.07) is 7.05. The van der Waals surface area contributed by atoms with Crippen molar-refractivity contribution in [2.45, 2.75) is 19.3 Å². The first-order chi connectivity index (χ1) is 12.5. The van der Waals surface area contributed by atoms with E-state index in [0.29, 0.717) is 5.56 Å². The van der Waals surface area contributed by atoms with Gasteiger partial charge in [-0.3, -0.25) is 4.98 Å². The van der Waals surface area contributed by atoms with Gasteiger partial charge in [0.2, 0.25) is 0 Å². The number of piperidine rings is 1. The zero-order chi connectivity index (χ0) is 18.9. The standard InChI is InChI=1S/C12H8FNO3.C6H12N2O/c13-10-3-1-8(2-4-10)9-5-11(7-14-6-9)17-12(15)16;7-6(9)8-4-2-1-3-5-8/h1-7H,(H,15,16);1-5H2,(H2,7,9). The lowest BCUT2D eigenvalue weighted by molar-refractivity contribution is 0.144. The van der Waals surface area contributed by atoms with Crippen molar-refractivity contribution in [2.24, 2.45) is 5.73 Å². The second kappa shape index (κ2) is 9.36. The Balaban J connectivity index is 0.000000228. The van der Waals surface area contributed by atoms with Crippen LogP contribution in [0.15, 0.2) is 42.7 Å². The molecule has 2 heterocycles. The summed E-state index contributed by atoms with van der Waals surface area (Å²) in [7, 11) is 0. The fourth-order valence-corrected chi connectivity index (χ4v) is 2.49. The first-order valence-electron chi connectivity index (χ1n) is 8.12. The van der Waals surface area contributed by atoms with Crippen LogP contribution in [0.25, 0.3) is 11.1 Å². The first-order valence-corrected chi connectivity index (χ1v) is 8.12. The average Bonchev–Trinajstić information content (AvgIpc) is 2.63. The van der Waals surface area contributed by atoms with Crippen LogP contribution in [0.4, 0.5) is 14.0 Å². The molecular weight excluding hydrogens is 341 g/mol. The third-order valence-corrected chi connectivity index (χ3v) is 3.76. The summed E-state index contributed by atoms with van der Waals surface area (Å²) in [5, 5.41) is 8.47. The highest BCUT2D eigenvalue weighted by Crippen LogP contribution is 2.22. The van der Waals surface area contributed by atoms with Crippen molar-refractivity contribution in [2.75, 3.05) is 13.1 Å². The molecule has 0 aliphatic carbocycles. The molecule has 1 aliphatic rings. The molecule has 0 radical (unpaired) electrons. The first kappa shape index (κ1) is 19.2. The van der Waals surface area contributed by atoms with Gasteiger partial charge >= 0.3 is 12.2 Å². The van der Waals surface area contributed by atoms with Crippen LogP contribution in [0.5, 0.6) is 5.75 Å². The van der Waals surface area contributed by atoms with Gasteiger partial charge in [0, 0.05) is 24.8 Å². The molecule has 2 aromatic rings. The molecule has 7 nitrogen and oxygen atoms in total. The second-order valence-electron chi connectivity index (χ2n) is 5.67. The number of likely N-dealkylation sites (tertiary alicyclic amines) is 1. The molecule has 8 heteroatoms. The second-order valence-corrected chi connectivity index (χ2v) is 5.67. The van der Waals surface area contributed by atoms with Crippen molar-refractivity contribution in [1.82, 2.24) is 9.88 Å². The number of nitrogens with two attached hydrogens (primary N) is 1. The summed E-state index contributed by atoms with van der Waals surface area (Å²) in [6.45, 7) is 1.71. The number of carbonyl (C=O) groups is 2. The van der Waals surface area contributed by atoms with Crippen LogP contribution in [0.2, 0.25) is 0 Å².